The molecule has 1 aromatic carbocycles. The number of ether oxygens (including phenoxy) is 2. The number of anilines is 1. The van der Waals surface area contributed by atoms with Crippen LogP contribution in [0.15, 0.2) is 12.1 Å². The van der Waals surface area contributed by atoms with Crippen molar-refractivity contribution < 1.29 is 32.2 Å². The molecule has 0 bridgehead atoms. The minimum atomic E-state index is -4.78. The van der Waals surface area contributed by atoms with E-state index in [1.807, 2.05) is 13.8 Å². The predicted molar refractivity (Wildman–Crippen MR) is 131 cm³/mol. The Kier molecular flexibility index (Phi) is 8.60. The molecule has 1 aliphatic carbocycles. The second-order valence-electron chi connectivity index (χ2n) is 10.5. The Balaban J connectivity index is 2.02. The van der Waals surface area contributed by atoms with Crippen molar-refractivity contribution in [3.05, 3.63) is 23.3 Å². The van der Waals surface area contributed by atoms with Crippen molar-refractivity contribution in [2.24, 2.45) is 11.7 Å². The van der Waals surface area contributed by atoms with Gasteiger partial charge in [-0.05, 0) is 77.8 Å². The van der Waals surface area contributed by atoms with Gasteiger partial charge in [-0.1, -0.05) is 0 Å². The Labute approximate surface area is 211 Å². The van der Waals surface area contributed by atoms with Crippen LogP contribution in [0.2, 0.25) is 0 Å². The summed E-state index contributed by atoms with van der Waals surface area (Å²) in [6, 6.07) is 1.54. The van der Waals surface area contributed by atoms with Crippen LogP contribution in [0.5, 0.6) is 5.75 Å². The third-order valence-electron chi connectivity index (χ3n) is 7.13. The summed E-state index contributed by atoms with van der Waals surface area (Å²) in [4.78, 5) is 29.7. The maximum atomic E-state index is 14.2. The summed E-state index contributed by atoms with van der Waals surface area (Å²) in [5.74, 6) is -0.720. The van der Waals surface area contributed by atoms with Crippen molar-refractivity contribution in [3.8, 4) is 5.75 Å². The zero-order chi connectivity index (χ0) is 26.8. The molecule has 0 saturated heterocycles. The van der Waals surface area contributed by atoms with E-state index in [1.54, 1.807) is 12.0 Å². The Morgan fingerprint density at radius 2 is 1.89 bits per heavy atom. The van der Waals surface area contributed by atoms with Crippen LogP contribution in [0.1, 0.15) is 75.7 Å². The first-order valence-electron chi connectivity index (χ1n) is 12.6. The highest BCUT2D eigenvalue weighted by Crippen LogP contribution is 2.44. The van der Waals surface area contributed by atoms with Crippen LogP contribution in [0.25, 0.3) is 0 Å². The summed E-state index contributed by atoms with van der Waals surface area (Å²) in [6.45, 7) is 7.50. The molecule has 0 radical (unpaired) electrons. The highest BCUT2D eigenvalue weighted by atomic mass is 19.4. The number of carbonyl (C=O) groups is 2. The summed E-state index contributed by atoms with van der Waals surface area (Å²) < 4.78 is 53.5. The van der Waals surface area contributed by atoms with Crippen molar-refractivity contribution >= 4 is 17.5 Å². The molecule has 7 nitrogen and oxygen atoms in total. The maximum absolute atomic E-state index is 14.2. The summed E-state index contributed by atoms with van der Waals surface area (Å²) in [7, 11) is 1.66. The minimum absolute atomic E-state index is 0.0910. The van der Waals surface area contributed by atoms with E-state index >= 15 is 0 Å². The van der Waals surface area contributed by atoms with Crippen molar-refractivity contribution in [2.45, 2.75) is 83.7 Å². The molecule has 1 aliphatic heterocycles. The van der Waals surface area contributed by atoms with E-state index in [0.717, 1.165) is 44.2 Å². The number of alkyl halides is 3. The summed E-state index contributed by atoms with van der Waals surface area (Å²) >= 11 is 0. The standard InChI is InChI=1S/C26H38F3N3O4/c1-16(2)32(18-8-6-17(7-9-18)10-13-35-5)23(33)19-14-21-22(15-20(19)26(27,28)29)36-25(3,4)24(34)31(21)12-11-30/h14-18H,6-13,30H2,1-5H3. The number of nitrogens with zero attached hydrogens (tertiary/aromatic N) is 2. The maximum Gasteiger partial charge on any atom is 0.417 e. The lowest BCUT2D eigenvalue weighted by molar-refractivity contribution is -0.138. The number of fused-ring (bicyclic) bond motifs is 1. The molecule has 0 unspecified atom stereocenters. The SMILES string of the molecule is COCCC1CCC(N(C(=O)c2cc3c(cc2C(F)(F)F)OC(C)(C)C(=O)N3CCN)C(C)C)CC1. The quantitative estimate of drug-likeness (QED) is 0.549. The van der Waals surface area contributed by atoms with Crippen LogP contribution in [0.4, 0.5) is 18.9 Å². The van der Waals surface area contributed by atoms with E-state index in [9.17, 15) is 22.8 Å². The smallest absolute Gasteiger partial charge is 0.417 e. The van der Waals surface area contributed by atoms with E-state index < -0.39 is 34.7 Å². The molecule has 0 atom stereocenters. The Morgan fingerprint density at radius 3 is 2.42 bits per heavy atom. The van der Waals surface area contributed by atoms with Gasteiger partial charge in [-0.25, -0.2) is 0 Å². The van der Waals surface area contributed by atoms with Gasteiger partial charge in [0.1, 0.15) is 5.75 Å². The van der Waals surface area contributed by atoms with Crippen LogP contribution in [0, 0.1) is 5.92 Å². The molecule has 202 valence electrons. The molecule has 0 spiro atoms. The zero-order valence-corrected chi connectivity index (χ0v) is 21.8. The molecule has 0 aromatic heterocycles. The fourth-order valence-corrected chi connectivity index (χ4v) is 5.33. The van der Waals surface area contributed by atoms with Gasteiger partial charge in [-0.15, -0.1) is 0 Å². The molecular weight excluding hydrogens is 475 g/mol. The fraction of sp³-hybridized carbons (Fsp3) is 0.692. The third kappa shape index (κ3) is 5.80. The highest BCUT2D eigenvalue weighted by Gasteiger charge is 2.45. The summed E-state index contributed by atoms with van der Waals surface area (Å²) in [5, 5.41) is 0. The number of nitrogens with two attached hydrogens (primary N) is 1. The average Bonchev–Trinajstić information content (AvgIpc) is 2.80. The van der Waals surface area contributed by atoms with Crippen molar-refractivity contribution in [1.82, 2.24) is 4.90 Å². The molecule has 2 amide bonds. The van der Waals surface area contributed by atoms with Crippen molar-refractivity contribution in [1.29, 1.82) is 0 Å². The zero-order valence-electron chi connectivity index (χ0n) is 21.8. The number of carbonyl (C=O) groups excluding carboxylic acids is 2. The molecule has 2 aliphatic rings. The fourth-order valence-electron chi connectivity index (χ4n) is 5.33. The Morgan fingerprint density at radius 1 is 1.25 bits per heavy atom. The van der Waals surface area contributed by atoms with Gasteiger partial charge >= 0.3 is 6.18 Å². The lowest BCUT2D eigenvalue weighted by Gasteiger charge is -2.41. The second-order valence-corrected chi connectivity index (χ2v) is 10.5. The normalized spacial score (nSPS) is 21.8. The van der Waals surface area contributed by atoms with Gasteiger partial charge in [0.2, 0.25) is 0 Å². The van der Waals surface area contributed by atoms with Gasteiger partial charge in [0, 0.05) is 38.9 Å². The summed E-state index contributed by atoms with van der Waals surface area (Å²) in [6.07, 6.45) is -0.623. The van der Waals surface area contributed by atoms with E-state index in [2.05, 4.69) is 0 Å². The van der Waals surface area contributed by atoms with Gasteiger partial charge in [-0.2, -0.15) is 13.2 Å². The molecular formula is C26H38F3N3O4. The third-order valence-corrected chi connectivity index (χ3v) is 7.13. The van der Waals surface area contributed by atoms with Crippen LogP contribution < -0.4 is 15.4 Å². The number of benzene rings is 1. The van der Waals surface area contributed by atoms with Gasteiger partial charge in [0.25, 0.3) is 11.8 Å². The first kappa shape index (κ1) is 28.2. The van der Waals surface area contributed by atoms with Gasteiger partial charge < -0.3 is 25.0 Å². The molecule has 3 rings (SSSR count). The second kappa shape index (κ2) is 11.0. The van der Waals surface area contributed by atoms with Gasteiger partial charge in [0.05, 0.1) is 16.8 Å². The largest absolute Gasteiger partial charge is 0.476 e. The monoisotopic (exact) mass is 513 g/mol. The minimum Gasteiger partial charge on any atom is -0.476 e. The Hall–Kier alpha value is -2.33. The van der Waals surface area contributed by atoms with Crippen LogP contribution in [-0.2, 0) is 15.7 Å². The first-order chi connectivity index (χ1) is 16.8. The predicted octanol–water partition coefficient (Wildman–Crippen LogP) is 4.61. The topological polar surface area (TPSA) is 85.1 Å². The molecule has 1 heterocycles. The van der Waals surface area contributed by atoms with Gasteiger partial charge in [0.15, 0.2) is 5.60 Å². The van der Waals surface area contributed by atoms with E-state index in [0.29, 0.717) is 12.5 Å². The molecule has 1 saturated carbocycles. The summed E-state index contributed by atoms with van der Waals surface area (Å²) in [5.41, 5.74) is 2.92. The van der Waals surface area contributed by atoms with Crippen molar-refractivity contribution in [2.75, 3.05) is 31.7 Å². The highest BCUT2D eigenvalue weighted by molar-refractivity contribution is 6.05. The number of amides is 2. The van der Waals surface area contributed by atoms with Crippen LogP contribution in [-0.4, -0.2) is 61.2 Å². The number of halogens is 3. The molecule has 10 heteroatoms. The molecule has 1 aromatic rings. The lowest BCUT2D eigenvalue weighted by Crippen LogP contribution is -2.54. The number of rotatable bonds is 8. The number of hydrogen-bond acceptors (Lipinski definition) is 5. The number of methoxy groups -OCH3 is 1. The molecule has 2 N–H and O–H groups in total. The van der Waals surface area contributed by atoms with E-state index in [-0.39, 0.29) is 36.6 Å². The average molecular weight is 514 g/mol. The molecule has 36 heavy (non-hydrogen) atoms. The van der Waals surface area contributed by atoms with Gasteiger partial charge in [-0.3, -0.25) is 9.59 Å². The van der Waals surface area contributed by atoms with Crippen LogP contribution >= 0.6 is 0 Å². The van der Waals surface area contributed by atoms with E-state index in [1.165, 1.54) is 18.7 Å². The van der Waals surface area contributed by atoms with E-state index in [4.69, 9.17) is 15.2 Å². The van der Waals surface area contributed by atoms with Crippen molar-refractivity contribution in [3.63, 3.8) is 0 Å². The first-order valence-corrected chi connectivity index (χ1v) is 12.6. The van der Waals surface area contributed by atoms with Crippen LogP contribution in [0.3, 0.4) is 0 Å². The lowest BCUT2D eigenvalue weighted by atomic mass is 9.83. The molecule has 1 fully saturated rings. The Bertz CT molecular complexity index is 956. The number of hydrogen-bond donors (Lipinski definition) is 1.